The van der Waals surface area contributed by atoms with Gasteiger partial charge >= 0.3 is 0 Å². The Hall–Kier alpha value is -1.63. The van der Waals surface area contributed by atoms with Gasteiger partial charge in [0.1, 0.15) is 0 Å². The van der Waals surface area contributed by atoms with Crippen molar-refractivity contribution in [3.05, 3.63) is 73.0 Å². The van der Waals surface area contributed by atoms with Gasteiger partial charge in [-0.2, -0.15) is 9.47 Å². The number of amides is 1. The van der Waals surface area contributed by atoms with Crippen molar-refractivity contribution in [3.8, 4) is 11.3 Å². The highest BCUT2D eigenvalue weighted by Crippen LogP contribution is 2.36. The summed E-state index contributed by atoms with van der Waals surface area (Å²) in [5.74, 6) is -0.454. The zero-order valence-electron chi connectivity index (χ0n) is 12.8. The van der Waals surface area contributed by atoms with E-state index in [1.165, 1.54) is 6.21 Å². The first kappa shape index (κ1) is 19.1. The summed E-state index contributed by atoms with van der Waals surface area (Å²) >= 11 is 25.6. The van der Waals surface area contributed by atoms with E-state index in [9.17, 15) is 4.79 Å². The monoisotopic (exact) mass is 443 g/mol. The molecule has 26 heavy (non-hydrogen) atoms. The van der Waals surface area contributed by atoms with E-state index in [-0.39, 0.29) is 0 Å². The van der Waals surface area contributed by atoms with E-state index in [2.05, 4.69) is 14.9 Å². The van der Waals surface area contributed by atoms with Crippen molar-refractivity contribution in [2.24, 2.45) is 5.10 Å². The van der Waals surface area contributed by atoms with Crippen molar-refractivity contribution in [1.82, 2.24) is 9.80 Å². The lowest BCUT2D eigenvalue weighted by Crippen LogP contribution is -2.18. The fourth-order valence-corrected chi connectivity index (χ4v) is 3.90. The fourth-order valence-electron chi connectivity index (χ4n) is 2.15. The molecule has 3 aromatic rings. The Bertz CT molecular complexity index is 963. The molecule has 0 saturated carbocycles. The van der Waals surface area contributed by atoms with Gasteiger partial charge in [-0.3, -0.25) is 4.79 Å². The standard InChI is InChI=1S/C17H9Cl4N3OS/c18-11-3-1-4-12(19)9(11)7-22-23-17(25)10-8-26-24-16(10)15-13(20)5-2-6-14(15)21/h1-8H,(H,23,25)/b22-7-. The molecule has 1 heterocycles. The number of nitrogens with one attached hydrogen (secondary N) is 1. The zero-order chi connectivity index (χ0) is 18.7. The highest BCUT2D eigenvalue weighted by atomic mass is 35.5. The maximum absolute atomic E-state index is 12.5. The summed E-state index contributed by atoms with van der Waals surface area (Å²) in [6, 6.07) is 10.2. The summed E-state index contributed by atoms with van der Waals surface area (Å²) in [6.07, 6.45) is 1.38. The van der Waals surface area contributed by atoms with Crippen molar-refractivity contribution >= 4 is 70.1 Å². The van der Waals surface area contributed by atoms with Crippen LogP contribution in [0.2, 0.25) is 20.1 Å². The van der Waals surface area contributed by atoms with E-state index < -0.39 is 5.91 Å². The number of halogens is 4. The Morgan fingerprint density at radius 2 is 1.58 bits per heavy atom. The minimum Gasteiger partial charge on any atom is -0.267 e. The molecule has 0 unspecified atom stereocenters. The third-order valence-electron chi connectivity index (χ3n) is 3.37. The summed E-state index contributed by atoms with van der Waals surface area (Å²) in [5.41, 5.74) is 4.15. The van der Waals surface area contributed by atoms with Gasteiger partial charge in [0.2, 0.25) is 0 Å². The van der Waals surface area contributed by atoms with E-state index in [0.29, 0.717) is 42.5 Å². The van der Waals surface area contributed by atoms with Gasteiger partial charge in [0.25, 0.3) is 5.91 Å². The van der Waals surface area contributed by atoms with Gasteiger partial charge in [-0.1, -0.05) is 58.5 Å². The minimum atomic E-state index is -0.454. The average molecular weight is 445 g/mol. The van der Waals surface area contributed by atoms with Crippen LogP contribution in [0.15, 0.2) is 46.9 Å². The lowest BCUT2D eigenvalue weighted by atomic mass is 10.1. The van der Waals surface area contributed by atoms with E-state index in [1.54, 1.807) is 41.8 Å². The number of hydrazone groups is 1. The van der Waals surface area contributed by atoms with Crippen LogP contribution >= 0.6 is 57.9 Å². The highest BCUT2D eigenvalue weighted by molar-refractivity contribution is 7.04. The number of carbonyl (C=O) groups is 1. The molecule has 3 rings (SSSR count). The molecule has 4 nitrogen and oxygen atoms in total. The van der Waals surface area contributed by atoms with Crippen molar-refractivity contribution in [1.29, 1.82) is 0 Å². The van der Waals surface area contributed by atoms with Crippen LogP contribution in [0, 0.1) is 0 Å². The zero-order valence-corrected chi connectivity index (χ0v) is 16.7. The fraction of sp³-hybridized carbons (Fsp3) is 0. The molecule has 9 heteroatoms. The first-order valence-electron chi connectivity index (χ1n) is 7.15. The molecule has 1 amide bonds. The number of carbonyl (C=O) groups excluding carboxylic acids is 1. The van der Waals surface area contributed by atoms with Gasteiger partial charge in [-0.05, 0) is 35.8 Å². The van der Waals surface area contributed by atoms with Crippen molar-refractivity contribution < 1.29 is 4.79 Å². The van der Waals surface area contributed by atoms with Crippen molar-refractivity contribution in [3.63, 3.8) is 0 Å². The summed E-state index contributed by atoms with van der Waals surface area (Å²) < 4.78 is 4.24. The second-order valence-corrected chi connectivity index (χ2v) is 7.27. The summed E-state index contributed by atoms with van der Waals surface area (Å²) in [6.45, 7) is 0. The van der Waals surface area contributed by atoms with Crippen LogP contribution < -0.4 is 5.43 Å². The smallest absolute Gasteiger partial charge is 0.267 e. The van der Waals surface area contributed by atoms with E-state index in [1.807, 2.05) is 0 Å². The molecule has 0 spiro atoms. The summed E-state index contributed by atoms with van der Waals surface area (Å²) in [5, 5.41) is 7.18. The summed E-state index contributed by atoms with van der Waals surface area (Å²) in [4.78, 5) is 12.5. The normalized spacial score (nSPS) is 11.1. The lowest BCUT2D eigenvalue weighted by molar-refractivity contribution is 0.0956. The molecule has 0 saturated heterocycles. The minimum absolute atomic E-state index is 0.312. The van der Waals surface area contributed by atoms with Crippen LogP contribution in [0.3, 0.4) is 0 Å². The third-order valence-corrected chi connectivity index (χ3v) is 5.29. The van der Waals surface area contributed by atoms with Crippen LogP contribution in [0.5, 0.6) is 0 Å². The Kier molecular flexibility index (Phi) is 6.16. The Morgan fingerprint density at radius 3 is 2.19 bits per heavy atom. The van der Waals surface area contributed by atoms with Gasteiger partial charge in [0.15, 0.2) is 0 Å². The van der Waals surface area contributed by atoms with Gasteiger partial charge in [0.05, 0.1) is 37.6 Å². The van der Waals surface area contributed by atoms with Crippen molar-refractivity contribution in [2.45, 2.75) is 0 Å². The Labute approximate surface area is 173 Å². The Balaban J connectivity index is 1.85. The van der Waals surface area contributed by atoms with E-state index in [4.69, 9.17) is 46.4 Å². The van der Waals surface area contributed by atoms with Crippen molar-refractivity contribution in [2.75, 3.05) is 0 Å². The molecule has 2 aromatic carbocycles. The lowest BCUT2D eigenvalue weighted by Gasteiger charge is -2.06. The van der Waals surface area contributed by atoms with E-state index >= 15 is 0 Å². The Morgan fingerprint density at radius 1 is 1.00 bits per heavy atom. The molecular weight excluding hydrogens is 436 g/mol. The third kappa shape index (κ3) is 4.03. The molecule has 0 radical (unpaired) electrons. The summed E-state index contributed by atoms with van der Waals surface area (Å²) in [7, 11) is 0. The van der Waals surface area contributed by atoms with Crippen LogP contribution in [0.1, 0.15) is 15.9 Å². The quantitative estimate of drug-likeness (QED) is 0.385. The number of hydrogen-bond donors (Lipinski definition) is 1. The second-order valence-electron chi connectivity index (χ2n) is 5.01. The van der Waals surface area contributed by atoms with Gasteiger partial charge in [0, 0.05) is 16.5 Å². The SMILES string of the molecule is O=C(N/N=C\c1c(Cl)cccc1Cl)c1csnc1-c1c(Cl)cccc1Cl. The number of nitrogens with zero attached hydrogens (tertiary/aromatic N) is 2. The molecule has 0 aliphatic heterocycles. The highest BCUT2D eigenvalue weighted by Gasteiger charge is 2.20. The largest absolute Gasteiger partial charge is 0.274 e. The number of hydrogen-bond acceptors (Lipinski definition) is 4. The molecule has 132 valence electrons. The number of benzene rings is 2. The van der Waals surface area contributed by atoms with Gasteiger partial charge < -0.3 is 0 Å². The van der Waals surface area contributed by atoms with E-state index in [0.717, 1.165) is 11.5 Å². The van der Waals surface area contributed by atoms with Crippen LogP contribution in [0.4, 0.5) is 0 Å². The average Bonchev–Trinajstić information content (AvgIpc) is 3.06. The molecule has 1 aromatic heterocycles. The first-order chi connectivity index (χ1) is 12.5. The number of rotatable bonds is 4. The van der Waals surface area contributed by atoms with Crippen LogP contribution in [0.25, 0.3) is 11.3 Å². The van der Waals surface area contributed by atoms with Crippen LogP contribution in [-0.4, -0.2) is 16.5 Å². The molecule has 0 aliphatic rings. The molecule has 0 atom stereocenters. The predicted molar refractivity (Wildman–Crippen MR) is 109 cm³/mol. The molecule has 1 N–H and O–H groups in total. The maximum atomic E-state index is 12.5. The van der Waals surface area contributed by atoms with Gasteiger partial charge in [-0.15, -0.1) is 0 Å². The predicted octanol–water partition coefficient (Wildman–Crippen LogP) is 6.19. The second kappa shape index (κ2) is 8.37. The topological polar surface area (TPSA) is 54.4 Å². The van der Waals surface area contributed by atoms with Gasteiger partial charge in [-0.25, -0.2) is 5.43 Å². The molecular formula is C17H9Cl4N3OS. The molecule has 0 fully saturated rings. The maximum Gasteiger partial charge on any atom is 0.274 e. The first-order valence-corrected chi connectivity index (χ1v) is 9.50. The molecule has 0 bridgehead atoms. The molecule has 0 aliphatic carbocycles. The number of aromatic nitrogens is 1. The van der Waals surface area contributed by atoms with Crippen LogP contribution in [-0.2, 0) is 0 Å².